The first-order valence-corrected chi connectivity index (χ1v) is 19.4. The quantitative estimate of drug-likeness (QED) is 0.131. The molecule has 300 valence electrons. The molecule has 1 unspecified atom stereocenters. The van der Waals surface area contributed by atoms with Crippen LogP contribution in [0.3, 0.4) is 0 Å². The number of carbonyl (C=O) groups excluding carboxylic acids is 4. The van der Waals surface area contributed by atoms with Crippen molar-refractivity contribution in [1.29, 1.82) is 0 Å². The van der Waals surface area contributed by atoms with E-state index in [4.69, 9.17) is 30.2 Å². The third kappa shape index (κ3) is 7.69. The highest BCUT2D eigenvalue weighted by Gasteiger charge is 2.62. The van der Waals surface area contributed by atoms with E-state index in [1.54, 1.807) is 18.2 Å². The van der Waals surface area contributed by atoms with Crippen molar-refractivity contribution in [1.82, 2.24) is 25.5 Å². The van der Waals surface area contributed by atoms with E-state index in [0.717, 1.165) is 12.8 Å². The number of rotatable bonds is 12. The highest BCUT2D eigenvalue weighted by molar-refractivity contribution is 6.36. The van der Waals surface area contributed by atoms with Crippen LogP contribution < -0.4 is 20.7 Å². The van der Waals surface area contributed by atoms with E-state index in [1.165, 1.54) is 30.8 Å². The van der Waals surface area contributed by atoms with Crippen LogP contribution in [-0.4, -0.2) is 93.4 Å². The van der Waals surface area contributed by atoms with Gasteiger partial charge in [0, 0.05) is 29.8 Å². The molecular weight excluding hydrogens is 744 g/mol. The molecule has 4 aliphatic rings. The number of carbonyl (C=O) groups is 4. The minimum atomic E-state index is -1.31. The van der Waals surface area contributed by atoms with Crippen molar-refractivity contribution in [3.05, 3.63) is 42.1 Å². The molecular formula is C40H49ClN6O9. The lowest BCUT2D eigenvalue weighted by atomic mass is 9.85. The number of phenolic OH excluding ortho intramolecular Hbond substituents is 1. The second kappa shape index (κ2) is 14.8. The SMILES string of the molecule is C=C[C@@H]1C[C@]1(NC(=O)[C@@H]1CC(Oc2cc(-c3coc(NC(C)C)n3)nc3c(Cl)c(O)ccc23)CN1C(=O)[C@@H](NC(=O)O[C@@H]1C[C@@H]2C[C@@H]2C1)C(C)(C)C)C(=O)OC. The van der Waals surface area contributed by atoms with Gasteiger partial charge in [-0.1, -0.05) is 38.4 Å². The number of anilines is 1. The lowest BCUT2D eigenvalue weighted by molar-refractivity contribution is -0.148. The van der Waals surface area contributed by atoms with Crippen molar-refractivity contribution in [2.75, 3.05) is 19.0 Å². The largest absolute Gasteiger partial charge is 0.506 e. The van der Waals surface area contributed by atoms with Gasteiger partial charge in [-0.05, 0) is 68.9 Å². The number of esters is 1. The van der Waals surface area contributed by atoms with E-state index in [2.05, 4.69) is 32.5 Å². The Morgan fingerprint density at radius 2 is 1.82 bits per heavy atom. The number of hydrogen-bond donors (Lipinski definition) is 4. The maximum atomic E-state index is 14.7. The first-order valence-electron chi connectivity index (χ1n) is 19.0. The summed E-state index contributed by atoms with van der Waals surface area (Å²) in [6.45, 7) is 13.1. The average Bonchev–Trinajstić information content (AvgIpc) is 3.80. The standard InChI is InChI=1S/C40H49ClN6O9/c1-8-22-16-40(22,36(51)53-7)46-34(49)28-14-24(17-47(28)35(50)33(39(4,5)6)45-38(52)56-23-12-20-11-21(20)13-23)55-30-15-26(27-18-54-37(44-27)42-19(2)3)43-32-25(30)9-10-29(48)31(32)41/h8-10,15,18-24,28,33,48H,1,11-14,16-17H2,2-7H3,(H,42,44)(H,45,52)(H,46,49)/t20-,21+,22-,23+,24?,28+,33-,40-/m1/s1. The summed E-state index contributed by atoms with van der Waals surface area (Å²) in [7, 11) is 1.25. The number of alkyl carbamates (subject to hydrolysis) is 1. The van der Waals surface area contributed by atoms with Gasteiger partial charge in [-0.15, -0.1) is 6.58 Å². The molecule has 3 saturated carbocycles. The molecule has 3 aromatic rings. The Morgan fingerprint density at radius 3 is 2.46 bits per heavy atom. The maximum Gasteiger partial charge on any atom is 0.408 e. The van der Waals surface area contributed by atoms with Crippen LogP contribution in [0.25, 0.3) is 22.3 Å². The van der Waals surface area contributed by atoms with Crippen LogP contribution in [0.4, 0.5) is 10.8 Å². The van der Waals surface area contributed by atoms with Gasteiger partial charge in [-0.2, -0.15) is 4.98 Å². The second-order valence-electron chi connectivity index (χ2n) is 16.8. The summed E-state index contributed by atoms with van der Waals surface area (Å²) in [5.74, 6) is -0.758. The summed E-state index contributed by atoms with van der Waals surface area (Å²) >= 11 is 6.57. The van der Waals surface area contributed by atoms with E-state index >= 15 is 0 Å². The Kier molecular flexibility index (Phi) is 10.4. The van der Waals surface area contributed by atoms with Crippen molar-refractivity contribution in [2.24, 2.45) is 23.2 Å². The molecule has 0 radical (unpaired) electrons. The number of oxazole rings is 1. The highest BCUT2D eigenvalue weighted by Crippen LogP contribution is 2.52. The van der Waals surface area contributed by atoms with Gasteiger partial charge < -0.3 is 44.6 Å². The van der Waals surface area contributed by atoms with Crippen molar-refractivity contribution >= 4 is 52.4 Å². The van der Waals surface area contributed by atoms with E-state index in [0.29, 0.717) is 40.8 Å². The van der Waals surface area contributed by atoms with Crippen LogP contribution in [0.5, 0.6) is 11.5 Å². The molecule has 15 nitrogen and oxygen atoms in total. The van der Waals surface area contributed by atoms with E-state index < -0.39 is 53.0 Å². The number of methoxy groups -OCH3 is 1. The van der Waals surface area contributed by atoms with Crippen LogP contribution in [-0.2, 0) is 23.9 Å². The molecule has 1 saturated heterocycles. The zero-order chi connectivity index (χ0) is 40.3. The van der Waals surface area contributed by atoms with Gasteiger partial charge in [0.15, 0.2) is 0 Å². The number of pyridine rings is 1. The number of benzene rings is 1. The molecule has 8 atom stereocenters. The van der Waals surface area contributed by atoms with Crippen LogP contribution >= 0.6 is 11.6 Å². The molecule has 0 spiro atoms. The van der Waals surface area contributed by atoms with Gasteiger partial charge in [-0.3, -0.25) is 9.59 Å². The number of nitrogens with one attached hydrogen (secondary N) is 3. The fourth-order valence-corrected chi connectivity index (χ4v) is 8.27. The van der Waals surface area contributed by atoms with E-state index in [9.17, 15) is 24.3 Å². The van der Waals surface area contributed by atoms with Crippen molar-refractivity contribution < 1.29 is 42.9 Å². The maximum absolute atomic E-state index is 14.7. The minimum absolute atomic E-state index is 0.00590. The molecule has 1 aliphatic heterocycles. The third-order valence-electron chi connectivity index (χ3n) is 11.2. The minimum Gasteiger partial charge on any atom is -0.506 e. The Labute approximate surface area is 329 Å². The number of aromatic nitrogens is 2. The molecule has 1 aromatic carbocycles. The highest BCUT2D eigenvalue weighted by atomic mass is 35.5. The van der Waals surface area contributed by atoms with Gasteiger partial charge in [0.25, 0.3) is 6.01 Å². The average molecular weight is 793 g/mol. The molecule has 3 heterocycles. The van der Waals surface area contributed by atoms with Crippen LogP contribution in [0.15, 0.2) is 41.5 Å². The van der Waals surface area contributed by atoms with Crippen LogP contribution in [0, 0.1) is 23.2 Å². The number of nitrogens with zero attached hydrogens (tertiary/aromatic N) is 3. The molecule has 2 aromatic heterocycles. The molecule has 3 aliphatic carbocycles. The predicted molar refractivity (Wildman–Crippen MR) is 206 cm³/mol. The third-order valence-corrected chi connectivity index (χ3v) is 11.6. The van der Waals surface area contributed by atoms with Gasteiger partial charge in [0.2, 0.25) is 11.8 Å². The lowest BCUT2D eigenvalue weighted by Crippen LogP contribution is -2.59. The Balaban J connectivity index is 1.20. The number of hydrogen-bond acceptors (Lipinski definition) is 12. The van der Waals surface area contributed by atoms with Gasteiger partial charge in [0.1, 0.15) is 58.3 Å². The first-order chi connectivity index (χ1) is 26.5. The monoisotopic (exact) mass is 792 g/mol. The zero-order valence-electron chi connectivity index (χ0n) is 32.4. The summed E-state index contributed by atoms with van der Waals surface area (Å²) in [5.41, 5.74) is -1.17. The van der Waals surface area contributed by atoms with Crippen LogP contribution in [0.1, 0.15) is 66.7 Å². The number of ether oxygens (including phenoxy) is 3. The number of aromatic hydroxyl groups is 1. The fourth-order valence-electron chi connectivity index (χ4n) is 8.06. The Morgan fingerprint density at radius 1 is 1.09 bits per heavy atom. The number of fused-ring (bicyclic) bond motifs is 2. The lowest BCUT2D eigenvalue weighted by Gasteiger charge is -2.35. The summed E-state index contributed by atoms with van der Waals surface area (Å²) in [5, 5.41) is 19.7. The number of phenols is 1. The molecule has 3 amide bonds. The molecule has 4 N–H and O–H groups in total. The molecule has 16 heteroatoms. The number of amides is 3. The Bertz CT molecular complexity index is 2050. The topological polar surface area (TPSA) is 194 Å². The summed E-state index contributed by atoms with van der Waals surface area (Å²) in [6, 6.07) is 2.84. The first kappa shape index (κ1) is 39.2. The normalized spacial score (nSPS) is 27.0. The smallest absolute Gasteiger partial charge is 0.408 e. The summed E-state index contributed by atoms with van der Waals surface area (Å²) in [4.78, 5) is 65.7. The van der Waals surface area contributed by atoms with Gasteiger partial charge in [-0.25, -0.2) is 14.6 Å². The van der Waals surface area contributed by atoms with Crippen molar-refractivity contribution in [3.63, 3.8) is 0 Å². The molecule has 0 bridgehead atoms. The van der Waals surface area contributed by atoms with Crippen molar-refractivity contribution in [2.45, 2.75) is 103 Å². The fraction of sp³-hybridized carbons (Fsp3) is 0.550. The van der Waals surface area contributed by atoms with Crippen molar-refractivity contribution in [3.8, 4) is 22.9 Å². The Hall–Kier alpha value is -5.05. The van der Waals surface area contributed by atoms with Gasteiger partial charge >= 0.3 is 12.1 Å². The number of halogens is 1. The van der Waals surface area contributed by atoms with Gasteiger partial charge in [0.05, 0.1) is 24.9 Å². The molecule has 7 rings (SSSR count). The second-order valence-corrected chi connectivity index (χ2v) is 17.2. The predicted octanol–water partition coefficient (Wildman–Crippen LogP) is 5.59. The number of likely N-dealkylation sites (tertiary alicyclic amines) is 1. The van der Waals surface area contributed by atoms with E-state index in [-0.39, 0.29) is 53.3 Å². The molecule has 56 heavy (non-hydrogen) atoms. The summed E-state index contributed by atoms with van der Waals surface area (Å²) < 4.78 is 23.0. The summed E-state index contributed by atoms with van der Waals surface area (Å²) in [6.07, 6.45) is 4.49. The zero-order valence-corrected chi connectivity index (χ0v) is 33.1. The van der Waals surface area contributed by atoms with Crippen LogP contribution in [0.2, 0.25) is 5.02 Å². The van der Waals surface area contributed by atoms with E-state index in [1.807, 2.05) is 34.6 Å². The molecule has 4 fully saturated rings.